The molecule has 1 aliphatic rings. The zero-order valence-corrected chi connectivity index (χ0v) is 16.4. The van der Waals surface area contributed by atoms with Crippen molar-refractivity contribution in [2.24, 2.45) is 10.9 Å². The minimum atomic E-state index is -3.63. The van der Waals surface area contributed by atoms with Crippen molar-refractivity contribution < 1.29 is 13.2 Å². The first-order valence-corrected chi connectivity index (χ1v) is 10.4. The second-order valence-electron chi connectivity index (χ2n) is 6.81. The third-order valence-electron chi connectivity index (χ3n) is 4.43. The van der Waals surface area contributed by atoms with E-state index in [1.54, 1.807) is 18.2 Å². The number of amidine groups is 1. The Morgan fingerprint density at radius 2 is 1.89 bits per heavy atom. The van der Waals surface area contributed by atoms with Crippen molar-refractivity contribution >= 4 is 27.5 Å². The number of aliphatic imine (C=N–C) groups is 1. The Kier molecular flexibility index (Phi) is 5.32. The number of fused-ring (bicyclic) bond motifs is 1. The van der Waals surface area contributed by atoms with E-state index >= 15 is 0 Å². The van der Waals surface area contributed by atoms with Gasteiger partial charge in [-0.3, -0.25) is 14.5 Å². The van der Waals surface area contributed by atoms with Crippen molar-refractivity contribution in [2.45, 2.75) is 38.1 Å². The standard InChI is InChI=1S/C20H23N3O3S/c1-4-14-8-7-9-15(12-14)21-20(24)18(13(2)3)22-19-16-10-5-6-11-17(16)27(25,26)23-19/h5-13,18H,4H2,1-3H3,(H,21,24)(H,22,23). The van der Waals surface area contributed by atoms with Crippen LogP contribution in [-0.2, 0) is 21.2 Å². The molecule has 7 heteroatoms. The quantitative estimate of drug-likeness (QED) is 0.829. The van der Waals surface area contributed by atoms with E-state index in [4.69, 9.17) is 0 Å². The predicted octanol–water partition coefficient (Wildman–Crippen LogP) is 2.95. The van der Waals surface area contributed by atoms with Gasteiger partial charge in [0.2, 0.25) is 5.91 Å². The van der Waals surface area contributed by atoms with Crippen molar-refractivity contribution in [2.75, 3.05) is 5.32 Å². The molecule has 3 rings (SSSR count). The number of anilines is 1. The maximum Gasteiger partial charge on any atom is 0.263 e. The smallest absolute Gasteiger partial charge is 0.263 e. The number of aryl methyl sites for hydroxylation is 1. The van der Waals surface area contributed by atoms with Crippen molar-refractivity contribution in [3.05, 3.63) is 59.7 Å². The predicted molar refractivity (Wildman–Crippen MR) is 106 cm³/mol. The number of hydrogen-bond acceptors (Lipinski definition) is 4. The molecule has 0 spiro atoms. The van der Waals surface area contributed by atoms with Crippen molar-refractivity contribution in [1.29, 1.82) is 0 Å². The van der Waals surface area contributed by atoms with Crippen LogP contribution in [0.25, 0.3) is 0 Å². The molecular weight excluding hydrogens is 362 g/mol. The van der Waals surface area contributed by atoms with E-state index in [2.05, 4.69) is 15.0 Å². The number of sulfonamides is 1. The Bertz CT molecular complexity index is 997. The van der Waals surface area contributed by atoms with E-state index in [9.17, 15) is 13.2 Å². The zero-order valence-electron chi connectivity index (χ0n) is 15.6. The lowest BCUT2D eigenvalue weighted by Crippen LogP contribution is -2.34. The van der Waals surface area contributed by atoms with Crippen LogP contribution in [0.4, 0.5) is 5.69 Å². The number of hydrogen-bond donors (Lipinski definition) is 2. The van der Waals surface area contributed by atoms with Crippen LogP contribution in [-0.4, -0.2) is 26.2 Å². The topological polar surface area (TPSA) is 87.6 Å². The Hall–Kier alpha value is -2.67. The third-order valence-corrected chi connectivity index (χ3v) is 5.83. The van der Waals surface area contributed by atoms with E-state index in [0.717, 1.165) is 12.0 Å². The van der Waals surface area contributed by atoms with E-state index in [-0.39, 0.29) is 22.6 Å². The fourth-order valence-corrected chi connectivity index (χ4v) is 4.20. The summed E-state index contributed by atoms with van der Waals surface area (Å²) in [5.41, 5.74) is 2.32. The number of nitrogens with one attached hydrogen (secondary N) is 2. The van der Waals surface area contributed by atoms with Crippen LogP contribution in [0.2, 0.25) is 0 Å². The number of rotatable bonds is 5. The van der Waals surface area contributed by atoms with Gasteiger partial charge in [-0.15, -0.1) is 0 Å². The number of amides is 1. The van der Waals surface area contributed by atoms with Gasteiger partial charge in [0, 0.05) is 11.3 Å². The highest BCUT2D eigenvalue weighted by Gasteiger charge is 2.32. The van der Waals surface area contributed by atoms with Crippen LogP contribution >= 0.6 is 0 Å². The molecule has 1 aliphatic heterocycles. The summed E-state index contributed by atoms with van der Waals surface area (Å²) < 4.78 is 27.0. The summed E-state index contributed by atoms with van der Waals surface area (Å²) in [7, 11) is -3.63. The summed E-state index contributed by atoms with van der Waals surface area (Å²) in [5, 5.41) is 2.89. The van der Waals surface area contributed by atoms with Crippen molar-refractivity contribution in [1.82, 2.24) is 4.72 Å². The molecule has 1 heterocycles. The molecule has 2 N–H and O–H groups in total. The Morgan fingerprint density at radius 1 is 1.15 bits per heavy atom. The number of carbonyl (C=O) groups excluding carboxylic acids is 1. The lowest BCUT2D eigenvalue weighted by molar-refractivity contribution is -0.118. The normalized spacial score (nSPS) is 17.4. The highest BCUT2D eigenvalue weighted by Crippen LogP contribution is 2.24. The summed E-state index contributed by atoms with van der Waals surface area (Å²) in [4.78, 5) is 17.5. The Morgan fingerprint density at radius 3 is 2.59 bits per heavy atom. The van der Waals surface area contributed by atoms with Gasteiger partial charge in [0.05, 0.1) is 4.90 Å². The van der Waals surface area contributed by atoms with Crippen LogP contribution in [0, 0.1) is 5.92 Å². The summed E-state index contributed by atoms with van der Waals surface area (Å²) in [6.07, 6.45) is 0.873. The maximum atomic E-state index is 12.8. The van der Waals surface area contributed by atoms with E-state index in [1.165, 1.54) is 6.07 Å². The van der Waals surface area contributed by atoms with Gasteiger partial charge in [0.15, 0.2) is 0 Å². The van der Waals surface area contributed by atoms with Gasteiger partial charge in [-0.1, -0.05) is 45.0 Å². The molecule has 1 unspecified atom stereocenters. The Balaban J connectivity index is 1.90. The molecule has 2 aromatic rings. The summed E-state index contributed by atoms with van der Waals surface area (Å²) >= 11 is 0. The third kappa shape index (κ3) is 4.03. The molecule has 0 aliphatic carbocycles. The molecule has 0 aromatic heterocycles. The van der Waals surface area contributed by atoms with Gasteiger partial charge < -0.3 is 5.32 Å². The molecule has 0 saturated heterocycles. The van der Waals surface area contributed by atoms with Gasteiger partial charge in [0.25, 0.3) is 10.0 Å². The summed E-state index contributed by atoms with van der Waals surface area (Å²) in [6, 6.07) is 13.6. The Labute approximate surface area is 159 Å². The van der Waals surface area contributed by atoms with Crippen LogP contribution in [0.3, 0.4) is 0 Å². The molecule has 0 bridgehead atoms. The average molecular weight is 385 g/mol. The highest BCUT2D eigenvalue weighted by atomic mass is 32.2. The molecule has 27 heavy (non-hydrogen) atoms. The van der Waals surface area contributed by atoms with Crippen LogP contribution in [0.15, 0.2) is 58.4 Å². The second-order valence-corrected chi connectivity index (χ2v) is 8.46. The van der Waals surface area contributed by atoms with Gasteiger partial charge in [-0.05, 0) is 42.2 Å². The molecule has 0 saturated carbocycles. The fraction of sp³-hybridized carbons (Fsp3) is 0.300. The van der Waals surface area contributed by atoms with Gasteiger partial charge in [-0.2, -0.15) is 0 Å². The SMILES string of the molecule is CCc1cccc(NC(=O)C(N=C2NS(=O)(=O)c3ccccc32)C(C)C)c1. The lowest BCUT2D eigenvalue weighted by atomic mass is 10.0. The van der Waals surface area contributed by atoms with Gasteiger partial charge in [0.1, 0.15) is 11.9 Å². The zero-order chi connectivity index (χ0) is 19.6. The number of carbonyl (C=O) groups is 1. The van der Waals surface area contributed by atoms with Gasteiger partial charge in [-0.25, -0.2) is 8.42 Å². The van der Waals surface area contributed by atoms with Crippen molar-refractivity contribution in [3.8, 4) is 0 Å². The molecule has 0 radical (unpaired) electrons. The first-order chi connectivity index (χ1) is 12.8. The first-order valence-electron chi connectivity index (χ1n) is 8.91. The molecule has 1 amide bonds. The van der Waals surface area contributed by atoms with E-state index in [1.807, 2.05) is 45.0 Å². The van der Waals surface area contributed by atoms with Crippen LogP contribution < -0.4 is 10.0 Å². The molecular formula is C20H23N3O3S. The minimum Gasteiger partial charge on any atom is -0.324 e. The highest BCUT2D eigenvalue weighted by molar-refractivity contribution is 7.90. The lowest BCUT2D eigenvalue weighted by Gasteiger charge is -2.17. The minimum absolute atomic E-state index is 0.107. The number of nitrogens with zero attached hydrogens (tertiary/aromatic N) is 1. The van der Waals surface area contributed by atoms with Crippen LogP contribution in [0.1, 0.15) is 31.9 Å². The van der Waals surface area contributed by atoms with Crippen LogP contribution in [0.5, 0.6) is 0 Å². The maximum absolute atomic E-state index is 12.8. The molecule has 142 valence electrons. The van der Waals surface area contributed by atoms with E-state index in [0.29, 0.717) is 11.3 Å². The average Bonchev–Trinajstić information content (AvgIpc) is 2.90. The summed E-state index contributed by atoms with van der Waals surface area (Å²) in [5.74, 6) is -0.166. The first kappa shape index (κ1) is 19.1. The monoisotopic (exact) mass is 385 g/mol. The van der Waals surface area contributed by atoms with Crippen molar-refractivity contribution in [3.63, 3.8) is 0 Å². The van der Waals surface area contributed by atoms with E-state index < -0.39 is 16.1 Å². The molecule has 6 nitrogen and oxygen atoms in total. The summed E-state index contributed by atoms with van der Waals surface area (Å²) in [6.45, 7) is 5.81. The fourth-order valence-electron chi connectivity index (χ4n) is 2.96. The largest absolute Gasteiger partial charge is 0.324 e. The molecule has 2 aromatic carbocycles. The molecule has 0 fully saturated rings. The number of benzene rings is 2. The molecule has 1 atom stereocenters. The second kappa shape index (κ2) is 7.52. The van der Waals surface area contributed by atoms with Gasteiger partial charge >= 0.3 is 0 Å².